The van der Waals surface area contributed by atoms with E-state index in [0.717, 1.165) is 25.3 Å². The summed E-state index contributed by atoms with van der Waals surface area (Å²) in [6.07, 6.45) is 3.70. The SMILES string of the molecule is CCn1nccc1CNCc1cn[nH]c1C. The highest BCUT2D eigenvalue weighted by Crippen LogP contribution is 2.03. The van der Waals surface area contributed by atoms with Crippen LogP contribution in [0.15, 0.2) is 18.5 Å². The van der Waals surface area contributed by atoms with Crippen LogP contribution in [0.2, 0.25) is 0 Å². The van der Waals surface area contributed by atoms with Crippen molar-refractivity contribution in [3.05, 3.63) is 35.4 Å². The van der Waals surface area contributed by atoms with Crippen LogP contribution in [0.4, 0.5) is 0 Å². The standard InChI is InChI=1S/C11H17N5/c1-3-16-11(4-5-14-16)8-12-6-10-7-13-15-9(10)2/h4-5,7,12H,3,6,8H2,1-2H3,(H,13,15). The van der Waals surface area contributed by atoms with Crippen molar-refractivity contribution in [3.63, 3.8) is 0 Å². The van der Waals surface area contributed by atoms with Crippen LogP contribution >= 0.6 is 0 Å². The molecule has 5 nitrogen and oxygen atoms in total. The lowest BCUT2D eigenvalue weighted by molar-refractivity contribution is 0.581. The molecule has 0 aromatic carbocycles. The molecule has 2 rings (SSSR count). The second-order valence-electron chi connectivity index (χ2n) is 3.76. The zero-order valence-corrected chi connectivity index (χ0v) is 9.70. The van der Waals surface area contributed by atoms with E-state index in [9.17, 15) is 0 Å². The summed E-state index contributed by atoms with van der Waals surface area (Å²) >= 11 is 0. The number of nitrogens with one attached hydrogen (secondary N) is 2. The Morgan fingerprint density at radius 3 is 3.00 bits per heavy atom. The molecule has 2 aromatic heterocycles. The van der Waals surface area contributed by atoms with Crippen molar-refractivity contribution in [1.29, 1.82) is 0 Å². The van der Waals surface area contributed by atoms with Crippen LogP contribution in [0.5, 0.6) is 0 Å². The number of hydrogen-bond acceptors (Lipinski definition) is 3. The molecule has 0 radical (unpaired) electrons. The van der Waals surface area contributed by atoms with Gasteiger partial charge in [0.15, 0.2) is 0 Å². The number of aromatic amines is 1. The van der Waals surface area contributed by atoms with Gasteiger partial charge in [-0.2, -0.15) is 10.2 Å². The molecule has 0 aliphatic carbocycles. The van der Waals surface area contributed by atoms with E-state index >= 15 is 0 Å². The molecule has 0 spiro atoms. The lowest BCUT2D eigenvalue weighted by atomic mass is 10.2. The summed E-state index contributed by atoms with van der Waals surface area (Å²) in [5, 5.41) is 14.5. The van der Waals surface area contributed by atoms with E-state index in [2.05, 4.69) is 27.5 Å². The van der Waals surface area contributed by atoms with Crippen LogP contribution < -0.4 is 5.32 Å². The van der Waals surface area contributed by atoms with Gasteiger partial charge in [0, 0.05) is 37.1 Å². The van der Waals surface area contributed by atoms with Gasteiger partial charge in [-0.3, -0.25) is 9.78 Å². The van der Waals surface area contributed by atoms with Crippen molar-refractivity contribution < 1.29 is 0 Å². The Hall–Kier alpha value is -1.62. The van der Waals surface area contributed by atoms with E-state index in [4.69, 9.17) is 0 Å². The third-order valence-corrected chi connectivity index (χ3v) is 2.66. The van der Waals surface area contributed by atoms with Crippen LogP contribution in [0.25, 0.3) is 0 Å². The molecule has 0 saturated carbocycles. The molecule has 2 N–H and O–H groups in total. The third kappa shape index (κ3) is 2.30. The van der Waals surface area contributed by atoms with Gasteiger partial charge in [0.05, 0.1) is 11.9 Å². The van der Waals surface area contributed by atoms with Crippen LogP contribution in [0.1, 0.15) is 23.9 Å². The molecule has 0 atom stereocenters. The van der Waals surface area contributed by atoms with Gasteiger partial charge in [0.2, 0.25) is 0 Å². The first-order valence-electron chi connectivity index (χ1n) is 5.51. The maximum Gasteiger partial charge on any atom is 0.0535 e. The normalized spacial score (nSPS) is 10.9. The Kier molecular flexibility index (Phi) is 3.36. The molecule has 0 aliphatic rings. The Morgan fingerprint density at radius 2 is 2.31 bits per heavy atom. The van der Waals surface area contributed by atoms with E-state index in [0.29, 0.717) is 0 Å². The fraction of sp³-hybridized carbons (Fsp3) is 0.455. The van der Waals surface area contributed by atoms with Crippen LogP contribution in [-0.4, -0.2) is 20.0 Å². The number of nitrogens with zero attached hydrogens (tertiary/aromatic N) is 3. The molecule has 2 heterocycles. The first kappa shape index (κ1) is 10.9. The zero-order valence-electron chi connectivity index (χ0n) is 9.70. The summed E-state index contributed by atoms with van der Waals surface area (Å²) < 4.78 is 2.00. The van der Waals surface area contributed by atoms with Crippen molar-refractivity contribution in [2.75, 3.05) is 0 Å². The molecule has 86 valence electrons. The van der Waals surface area contributed by atoms with Crippen molar-refractivity contribution in [2.45, 2.75) is 33.5 Å². The Balaban J connectivity index is 1.87. The highest BCUT2D eigenvalue weighted by atomic mass is 15.3. The number of rotatable bonds is 5. The lowest BCUT2D eigenvalue weighted by Crippen LogP contribution is -2.16. The monoisotopic (exact) mass is 219 g/mol. The van der Waals surface area contributed by atoms with Gasteiger partial charge in [-0.05, 0) is 19.9 Å². The molecule has 0 fully saturated rings. The number of aromatic nitrogens is 4. The van der Waals surface area contributed by atoms with Crippen molar-refractivity contribution in [3.8, 4) is 0 Å². The third-order valence-electron chi connectivity index (χ3n) is 2.66. The van der Waals surface area contributed by atoms with E-state index in [1.54, 1.807) is 0 Å². The van der Waals surface area contributed by atoms with Gasteiger partial charge in [-0.15, -0.1) is 0 Å². The van der Waals surface area contributed by atoms with E-state index in [1.165, 1.54) is 11.3 Å². The first-order chi connectivity index (χ1) is 7.81. The molecule has 0 bridgehead atoms. The average molecular weight is 219 g/mol. The van der Waals surface area contributed by atoms with Gasteiger partial charge in [-0.25, -0.2) is 0 Å². The van der Waals surface area contributed by atoms with Crippen molar-refractivity contribution in [1.82, 2.24) is 25.3 Å². The van der Waals surface area contributed by atoms with Crippen molar-refractivity contribution in [2.24, 2.45) is 0 Å². The summed E-state index contributed by atoms with van der Waals surface area (Å²) in [5.41, 5.74) is 3.54. The molecule has 0 amide bonds. The smallest absolute Gasteiger partial charge is 0.0535 e. The molecule has 5 heteroatoms. The fourth-order valence-corrected chi connectivity index (χ4v) is 1.67. The summed E-state index contributed by atoms with van der Waals surface area (Å²) in [5.74, 6) is 0. The second-order valence-corrected chi connectivity index (χ2v) is 3.76. The molecular formula is C11H17N5. The second kappa shape index (κ2) is 4.94. The van der Waals surface area contributed by atoms with Crippen LogP contribution in [0, 0.1) is 6.92 Å². The van der Waals surface area contributed by atoms with Crippen LogP contribution in [0.3, 0.4) is 0 Å². The number of aryl methyl sites for hydroxylation is 2. The summed E-state index contributed by atoms with van der Waals surface area (Å²) in [7, 11) is 0. The topological polar surface area (TPSA) is 58.5 Å². The lowest BCUT2D eigenvalue weighted by Gasteiger charge is -2.06. The quantitative estimate of drug-likeness (QED) is 0.795. The van der Waals surface area contributed by atoms with E-state index < -0.39 is 0 Å². The molecule has 0 aliphatic heterocycles. The maximum atomic E-state index is 4.23. The van der Waals surface area contributed by atoms with Gasteiger partial charge in [0.25, 0.3) is 0 Å². The van der Waals surface area contributed by atoms with Gasteiger partial charge < -0.3 is 5.32 Å². The molecule has 0 saturated heterocycles. The minimum atomic E-state index is 0.831. The van der Waals surface area contributed by atoms with E-state index in [-0.39, 0.29) is 0 Å². The minimum Gasteiger partial charge on any atom is -0.307 e. The predicted octanol–water partition coefficient (Wildman–Crippen LogP) is 1.22. The number of hydrogen-bond donors (Lipinski definition) is 2. The van der Waals surface area contributed by atoms with Crippen LogP contribution in [-0.2, 0) is 19.6 Å². The maximum absolute atomic E-state index is 4.23. The Bertz CT molecular complexity index is 443. The van der Waals surface area contributed by atoms with Gasteiger partial charge >= 0.3 is 0 Å². The molecule has 2 aromatic rings. The highest BCUT2D eigenvalue weighted by molar-refractivity contribution is 5.14. The Labute approximate surface area is 94.9 Å². The molecular weight excluding hydrogens is 202 g/mol. The average Bonchev–Trinajstić information content (AvgIpc) is 2.88. The summed E-state index contributed by atoms with van der Waals surface area (Å²) in [6.45, 7) is 6.70. The number of H-pyrrole nitrogens is 1. The molecule has 0 unspecified atom stereocenters. The largest absolute Gasteiger partial charge is 0.307 e. The van der Waals surface area contributed by atoms with E-state index in [1.807, 2.05) is 30.1 Å². The summed E-state index contributed by atoms with van der Waals surface area (Å²) in [4.78, 5) is 0. The molecule has 16 heavy (non-hydrogen) atoms. The zero-order chi connectivity index (χ0) is 11.4. The fourth-order valence-electron chi connectivity index (χ4n) is 1.67. The summed E-state index contributed by atoms with van der Waals surface area (Å²) in [6, 6.07) is 2.04. The van der Waals surface area contributed by atoms with Gasteiger partial charge in [0.1, 0.15) is 0 Å². The highest BCUT2D eigenvalue weighted by Gasteiger charge is 2.02. The van der Waals surface area contributed by atoms with Crippen molar-refractivity contribution >= 4 is 0 Å². The minimum absolute atomic E-state index is 0.831. The Morgan fingerprint density at radius 1 is 1.44 bits per heavy atom. The first-order valence-corrected chi connectivity index (χ1v) is 5.51. The predicted molar refractivity (Wildman–Crippen MR) is 61.8 cm³/mol. The van der Waals surface area contributed by atoms with Gasteiger partial charge in [-0.1, -0.05) is 0 Å².